The summed E-state index contributed by atoms with van der Waals surface area (Å²) in [4.78, 5) is 40.8. The van der Waals surface area contributed by atoms with Crippen LogP contribution in [0.3, 0.4) is 0 Å². The summed E-state index contributed by atoms with van der Waals surface area (Å²) in [6, 6.07) is 7.66. The molecule has 5 N–H and O–H groups in total. The fraction of sp³-hybridized carbons (Fsp3) is 0.348. The number of carbonyl (C=O) groups is 3. The zero-order valence-corrected chi connectivity index (χ0v) is 19.0. The number of nitrogens with one attached hydrogen (secondary N) is 1. The lowest BCUT2D eigenvalue weighted by molar-refractivity contribution is -0.134. The number of halogens is 1. The topological polar surface area (TPSA) is 168 Å². The monoisotopic (exact) mass is 489 g/mol. The Kier molecular flexibility index (Phi) is 11.1. The van der Waals surface area contributed by atoms with Crippen LogP contribution in [0, 0.1) is 5.82 Å². The lowest BCUT2D eigenvalue weighted by Gasteiger charge is -2.32. The number of aromatic nitrogens is 2. The highest BCUT2D eigenvalue weighted by Gasteiger charge is 2.20. The number of carboxylic acids is 2. The third kappa shape index (κ3) is 11.1. The average molecular weight is 490 g/mol. The summed E-state index contributed by atoms with van der Waals surface area (Å²) in [5.74, 6) is -2.20. The van der Waals surface area contributed by atoms with Crippen molar-refractivity contribution < 1.29 is 33.7 Å². The molecule has 0 unspecified atom stereocenters. The molecule has 0 atom stereocenters. The van der Waals surface area contributed by atoms with Gasteiger partial charge in [-0.05, 0) is 56.1 Å². The molecule has 12 heteroatoms. The smallest absolute Gasteiger partial charge is 0.328 e. The predicted molar refractivity (Wildman–Crippen MR) is 125 cm³/mol. The fourth-order valence-electron chi connectivity index (χ4n) is 3.18. The minimum Gasteiger partial charge on any atom is -0.490 e. The van der Waals surface area contributed by atoms with Gasteiger partial charge in [0, 0.05) is 38.0 Å². The molecule has 11 nitrogen and oxygen atoms in total. The SMILES string of the molecule is NC(=O)c1ccnc(NCCCN2CCC(Oc3ccc(F)cc3)CC2)n1.O=C(O)/C=C/C(=O)O. The first kappa shape index (κ1) is 27.2. The largest absolute Gasteiger partial charge is 0.490 e. The van der Waals surface area contributed by atoms with E-state index in [1.165, 1.54) is 24.4 Å². The number of likely N-dealkylation sites (tertiary alicyclic amines) is 1. The molecule has 1 aromatic heterocycles. The molecule has 1 fully saturated rings. The van der Waals surface area contributed by atoms with Gasteiger partial charge in [0.15, 0.2) is 0 Å². The van der Waals surface area contributed by atoms with Crippen LogP contribution in [0.15, 0.2) is 48.7 Å². The normalized spacial score (nSPS) is 14.1. The van der Waals surface area contributed by atoms with Crippen molar-refractivity contribution >= 4 is 23.8 Å². The maximum atomic E-state index is 12.9. The quantitative estimate of drug-likeness (QED) is 0.285. The van der Waals surface area contributed by atoms with E-state index < -0.39 is 17.8 Å². The number of hydrogen-bond donors (Lipinski definition) is 4. The Morgan fingerprint density at radius 1 is 1.11 bits per heavy atom. The molecule has 0 radical (unpaired) electrons. The number of carbonyl (C=O) groups excluding carboxylic acids is 1. The molecule has 35 heavy (non-hydrogen) atoms. The number of carboxylic acid groups (broad SMARTS) is 2. The number of benzene rings is 1. The number of aliphatic carboxylic acids is 2. The van der Waals surface area contributed by atoms with Crippen LogP contribution in [0.2, 0.25) is 0 Å². The molecule has 0 saturated carbocycles. The van der Waals surface area contributed by atoms with Crippen LogP contribution in [0.1, 0.15) is 29.8 Å². The minimum absolute atomic E-state index is 0.176. The Morgan fingerprint density at radius 2 is 1.74 bits per heavy atom. The van der Waals surface area contributed by atoms with E-state index in [9.17, 15) is 18.8 Å². The van der Waals surface area contributed by atoms with Crippen LogP contribution in [0.25, 0.3) is 0 Å². The predicted octanol–water partition coefficient (Wildman–Crippen LogP) is 1.77. The second-order valence-corrected chi connectivity index (χ2v) is 7.53. The van der Waals surface area contributed by atoms with E-state index in [0.29, 0.717) is 24.6 Å². The Bertz CT molecular complexity index is 994. The summed E-state index contributed by atoms with van der Waals surface area (Å²) in [6.45, 7) is 3.62. The molecule has 2 heterocycles. The Morgan fingerprint density at radius 3 is 2.31 bits per heavy atom. The van der Waals surface area contributed by atoms with Gasteiger partial charge in [-0.25, -0.2) is 23.9 Å². The van der Waals surface area contributed by atoms with Crippen molar-refractivity contribution in [2.75, 3.05) is 31.5 Å². The van der Waals surface area contributed by atoms with E-state index in [2.05, 4.69) is 20.2 Å². The third-order valence-electron chi connectivity index (χ3n) is 4.86. The number of piperidine rings is 1. The zero-order chi connectivity index (χ0) is 25.6. The highest BCUT2D eigenvalue weighted by molar-refractivity contribution is 5.91. The first-order chi connectivity index (χ1) is 16.7. The number of amides is 1. The molecule has 1 aromatic carbocycles. The van der Waals surface area contributed by atoms with Gasteiger partial charge in [0.1, 0.15) is 23.4 Å². The van der Waals surface area contributed by atoms with Crippen molar-refractivity contribution in [1.29, 1.82) is 0 Å². The first-order valence-electron chi connectivity index (χ1n) is 10.9. The molecule has 1 amide bonds. The van der Waals surface area contributed by atoms with Crippen molar-refractivity contribution in [3.8, 4) is 5.75 Å². The molecule has 0 bridgehead atoms. The van der Waals surface area contributed by atoms with Gasteiger partial charge in [0.2, 0.25) is 5.95 Å². The van der Waals surface area contributed by atoms with Crippen LogP contribution >= 0.6 is 0 Å². The molecule has 1 aliphatic heterocycles. The second kappa shape index (κ2) is 14.3. The van der Waals surface area contributed by atoms with Gasteiger partial charge in [-0.3, -0.25) is 4.79 Å². The lowest BCUT2D eigenvalue weighted by atomic mass is 10.1. The van der Waals surface area contributed by atoms with Gasteiger partial charge in [-0.2, -0.15) is 0 Å². The van der Waals surface area contributed by atoms with E-state index in [-0.39, 0.29) is 17.6 Å². The van der Waals surface area contributed by atoms with Gasteiger partial charge in [-0.1, -0.05) is 0 Å². The van der Waals surface area contributed by atoms with Crippen LogP contribution < -0.4 is 15.8 Å². The average Bonchev–Trinajstić information content (AvgIpc) is 2.83. The van der Waals surface area contributed by atoms with Gasteiger partial charge < -0.3 is 30.9 Å². The molecular weight excluding hydrogens is 461 g/mol. The van der Waals surface area contributed by atoms with E-state index in [1.807, 2.05) is 0 Å². The van der Waals surface area contributed by atoms with Gasteiger partial charge in [0.05, 0.1) is 0 Å². The maximum absolute atomic E-state index is 12.9. The Labute approximate surface area is 201 Å². The summed E-state index contributed by atoms with van der Waals surface area (Å²) in [7, 11) is 0. The molecule has 2 aromatic rings. The first-order valence-corrected chi connectivity index (χ1v) is 10.9. The highest BCUT2D eigenvalue weighted by Crippen LogP contribution is 2.19. The van der Waals surface area contributed by atoms with Crippen LogP contribution in [0.5, 0.6) is 5.75 Å². The van der Waals surface area contributed by atoms with Crippen molar-refractivity contribution in [2.24, 2.45) is 5.73 Å². The molecule has 0 spiro atoms. The summed E-state index contributed by atoms with van der Waals surface area (Å²) in [5, 5.41) is 18.7. The standard InChI is InChI=1S/C19H24FN5O2.C4H4O4/c20-14-2-4-15(5-3-14)27-16-7-12-25(13-8-16)11-1-9-22-19-23-10-6-17(24-19)18(21)26;5-3(6)1-2-4(7)8/h2-6,10,16H,1,7-9,11-13H2,(H2,21,26)(H,22,23,24);1-2H,(H,5,6)(H,7,8)/b;2-1+. The summed E-state index contributed by atoms with van der Waals surface area (Å²) in [6.07, 6.45) is 5.65. The second-order valence-electron chi connectivity index (χ2n) is 7.53. The van der Waals surface area contributed by atoms with Gasteiger partial charge >= 0.3 is 11.9 Å². The Balaban J connectivity index is 0.000000466. The number of nitrogens with zero attached hydrogens (tertiary/aromatic N) is 3. The number of hydrogen-bond acceptors (Lipinski definition) is 8. The third-order valence-corrected chi connectivity index (χ3v) is 4.86. The summed E-state index contributed by atoms with van der Waals surface area (Å²) < 4.78 is 18.8. The maximum Gasteiger partial charge on any atom is 0.328 e. The van der Waals surface area contributed by atoms with Crippen LogP contribution in [0.4, 0.5) is 10.3 Å². The van der Waals surface area contributed by atoms with E-state index in [4.69, 9.17) is 20.7 Å². The molecule has 0 aliphatic carbocycles. The van der Waals surface area contributed by atoms with Gasteiger partial charge in [0.25, 0.3) is 5.91 Å². The number of rotatable bonds is 10. The minimum atomic E-state index is -1.26. The molecule has 1 aliphatic rings. The molecular formula is C23H28FN5O6. The fourth-order valence-corrected chi connectivity index (χ4v) is 3.18. The van der Waals surface area contributed by atoms with Crippen molar-refractivity contribution in [1.82, 2.24) is 14.9 Å². The highest BCUT2D eigenvalue weighted by atomic mass is 19.1. The molecule has 188 valence electrons. The number of ether oxygens (including phenoxy) is 1. The van der Waals surface area contributed by atoms with E-state index in [1.54, 1.807) is 12.1 Å². The van der Waals surface area contributed by atoms with E-state index >= 15 is 0 Å². The zero-order valence-electron chi connectivity index (χ0n) is 19.0. The van der Waals surface area contributed by atoms with Crippen LogP contribution in [-0.2, 0) is 9.59 Å². The number of nitrogens with two attached hydrogens (primary N) is 1. The van der Waals surface area contributed by atoms with Crippen molar-refractivity contribution in [3.63, 3.8) is 0 Å². The summed E-state index contributed by atoms with van der Waals surface area (Å²) in [5.41, 5.74) is 5.42. The summed E-state index contributed by atoms with van der Waals surface area (Å²) >= 11 is 0. The van der Waals surface area contributed by atoms with Crippen LogP contribution in [-0.4, -0.2) is 75.2 Å². The van der Waals surface area contributed by atoms with E-state index in [0.717, 1.165) is 44.6 Å². The Hall–Kier alpha value is -4.06. The number of primary amides is 1. The van der Waals surface area contributed by atoms with Gasteiger partial charge in [-0.15, -0.1) is 0 Å². The van der Waals surface area contributed by atoms with Crippen molar-refractivity contribution in [2.45, 2.75) is 25.4 Å². The molecule has 1 saturated heterocycles. The number of anilines is 1. The molecule has 3 rings (SSSR count). The van der Waals surface area contributed by atoms with Crippen molar-refractivity contribution in [3.05, 3.63) is 60.2 Å². The lowest BCUT2D eigenvalue weighted by Crippen LogP contribution is -2.39.